The smallest absolute Gasteiger partial charge is 0.213 e. The summed E-state index contributed by atoms with van der Waals surface area (Å²) < 4.78 is 46.3. The standard InChI is InChI=1S/C25H22F3N3O2/c26-21-6-5-18(11-22(21)27)24(30-32)17-3-1-16(2-4-17)14-31-9-7-25(8-10-31)20-13-29-23(28)12-19(20)15-33-25/h1-6,11-13,32H,7-10,14-15H2/b30-24-. The lowest BCUT2D eigenvalue weighted by Gasteiger charge is -2.39. The van der Waals surface area contributed by atoms with E-state index in [4.69, 9.17) is 4.74 Å². The molecule has 5 nitrogen and oxygen atoms in total. The molecule has 2 aromatic carbocycles. The Labute approximate surface area is 189 Å². The van der Waals surface area contributed by atoms with Gasteiger partial charge in [0, 0.05) is 42.5 Å². The Hall–Kier alpha value is -3.23. The molecule has 2 aliphatic heterocycles. The van der Waals surface area contributed by atoms with E-state index in [9.17, 15) is 18.4 Å². The Morgan fingerprint density at radius 3 is 2.42 bits per heavy atom. The Morgan fingerprint density at radius 2 is 1.73 bits per heavy atom. The van der Waals surface area contributed by atoms with Crippen LogP contribution in [0.1, 0.15) is 40.7 Å². The molecular formula is C25H22F3N3O2. The van der Waals surface area contributed by atoms with Gasteiger partial charge < -0.3 is 9.94 Å². The molecule has 0 atom stereocenters. The van der Waals surface area contributed by atoms with Gasteiger partial charge in [0.1, 0.15) is 5.71 Å². The number of fused-ring (bicyclic) bond motifs is 2. The number of oxime groups is 1. The van der Waals surface area contributed by atoms with Crippen LogP contribution in [0.4, 0.5) is 13.2 Å². The van der Waals surface area contributed by atoms with Crippen molar-refractivity contribution in [1.82, 2.24) is 9.88 Å². The van der Waals surface area contributed by atoms with Crippen LogP contribution >= 0.6 is 0 Å². The molecule has 5 rings (SSSR count). The maximum absolute atomic E-state index is 13.6. The van der Waals surface area contributed by atoms with E-state index in [2.05, 4.69) is 15.0 Å². The molecular weight excluding hydrogens is 431 g/mol. The zero-order valence-corrected chi connectivity index (χ0v) is 17.8. The highest BCUT2D eigenvalue weighted by atomic mass is 19.2. The van der Waals surface area contributed by atoms with Crippen molar-refractivity contribution in [3.05, 3.63) is 100 Å². The SMILES string of the molecule is O/N=C(/c1ccc(CN2CCC3(CC2)OCc2cc(F)ncc23)cc1)c1ccc(F)c(F)c1. The summed E-state index contributed by atoms with van der Waals surface area (Å²) in [5, 5.41) is 12.7. The molecule has 8 heteroatoms. The van der Waals surface area contributed by atoms with E-state index in [1.165, 1.54) is 12.1 Å². The second-order valence-corrected chi connectivity index (χ2v) is 8.50. The van der Waals surface area contributed by atoms with Crippen LogP contribution in [0.2, 0.25) is 0 Å². The van der Waals surface area contributed by atoms with Gasteiger partial charge in [-0.05, 0) is 48.2 Å². The largest absolute Gasteiger partial charge is 0.410 e. The van der Waals surface area contributed by atoms with Crippen molar-refractivity contribution in [3.8, 4) is 0 Å². The Kier molecular flexibility index (Phi) is 5.64. The highest BCUT2D eigenvalue weighted by Gasteiger charge is 2.43. The first-order valence-corrected chi connectivity index (χ1v) is 10.8. The average molecular weight is 453 g/mol. The number of halogens is 3. The molecule has 0 radical (unpaired) electrons. The van der Waals surface area contributed by atoms with E-state index in [1.807, 2.05) is 12.1 Å². The van der Waals surface area contributed by atoms with Crippen LogP contribution in [-0.4, -0.2) is 33.9 Å². The number of hydrogen-bond donors (Lipinski definition) is 1. The van der Waals surface area contributed by atoms with Crippen LogP contribution < -0.4 is 0 Å². The molecule has 2 aliphatic rings. The molecule has 1 saturated heterocycles. The predicted octanol–water partition coefficient (Wildman–Crippen LogP) is 4.75. The summed E-state index contributed by atoms with van der Waals surface area (Å²) in [5.74, 6) is -2.43. The summed E-state index contributed by atoms with van der Waals surface area (Å²) in [6.45, 7) is 2.82. The van der Waals surface area contributed by atoms with Gasteiger partial charge in [-0.25, -0.2) is 13.8 Å². The molecule has 33 heavy (non-hydrogen) atoms. The van der Waals surface area contributed by atoms with Crippen LogP contribution in [0.25, 0.3) is 0 Å². The molecule has 1 aromatic heterocycles. The number of hydrogen-bond acceptors (Lipinski definition) is 5. The number of benzene rings is 2. The number of likely N-dealkylation sites (tertiary alicyclic amines) is 1. The van der Waals surface area contributed by atoms with E-state index >= 15 is 0 Å². The third-order valence-corrected chi connectivity index (χ3v) is 6.54. The number of rotatable bonds is 4. The number of nitrogens with zero attached hydrogens (tertiary/aromatic N) is 3. The summed E-state index contributed by atoms with van der Waals surface area (Å²) in [4.78, 5) is 6.15. The van der Waals surface area contributed by atoms with E-state index < -0.39 is 17.6 Å². The normalized spacial score (nSPS) is 18.0. The Bertz CT molecular complexity index is 1210. The molecule has 170 valence electrons. The fraction of sp³-hybridized carbons (Fsp3) is 0.280. The van der Waals surface area contributed by atoms with Crippen LogP contribution in [0, 0.1) is 17.6 Å². The molecule has 0 unspecified atom stereocenters. The molecule has 0 bridgehead atoms. The van der Waals surface area contributed by atoms with Crippen molar-refractivity contribution in [1.29, 1.82) is 0 Å². The first-order valence-electron chi connectivity index (χ1n) is 10.8. The minimum atomic E-state index is -0.997. The molecule has 3 aromatic rings. The van der Waals surface area contributed by atoms with Crippen LogP contribution in [-0.2, 0) is 23.5 Å². The maximum Gasteiger partial charge on any atom is 0.213 e. The quantitative estimate of drug-likeness (QED) is 0.268. The van der Waals surface area contributed by atoms with E-state index in [1.54, 1.807) is 18.3 Å². The highest BCUT2D eigenvalue weighted by Crippen LogP contribution is 2.44. The van der Waals surface area contributed by atoms with E-state index in [-0.39, 0.29) is 16.9 Å². The fourth-order valence-electron chi connectivity index (χ4n) is 4.73. The van der Waals surface area contributed by atoms with Crippen molar-refractivity contribution in [2.45, 2.75) is 31.6 Å². The van der Waals surface area contributed by atoms with Crippen LogP contribution in [0.3, 0.4) is 0 Å². The van der Waals surface area contributed by atoms with Crippen molar-refractivity contribution in [3.63, 3.8) is 0 Å². The molecule has 0 saturated carbocycles. The fourth-order valence-corrected chi connectivity index (χ4v) is 4.73. The monoisotopic (exact) mass is 453 g/mol. The first kappa shape index (κ1) is 21.6. The van der Waals surface area contributed by atoms with Crippen molar-refractivity contribution >= 4 is 5.71 Å². The molecule has 1 fully saturated rings. The second kappa shape index (κ2) is 8.61. The predicted molar refractivity (Wildman–Crippen MR) is 115 cm³/mol. The number of ether oxygens (including phenoxy) is 1. The average Bonchev–Trinajstić information content (AvgIpc) is 3.16. The third-order valence-electron chi connectivity index (χ3n) is 6.54. The van der Waals surface area contributed by atoms with Gasteiger partial charge in [0.15, 0.2) is 11.6 Å². The molecule has 1 N–H and O–H groups in total. The number of pyridine rings is 1. The highest BCUT2D eigenvalue weighted by molar-refractivity contribution is 6.12. The van der Waals surface area contributed by atoms with Gasteiger partial charge in [0.2, 0.25) is 5.95 Å². The van der Waals surface area contributed by atoms with Gasteiger partial charge >= 0.3 is 0 Å². The second-order valence-electron chi connectivity index (χ2n) is 8.50. The summed E-state index contributed by atoms with van der Waals surface area (Å²) in [7, 11) is 0. The molecule has 0 aliphatic carbocycles. The molecule has 3 heterocycles. The van der Waals surface area contributed by atoms with Gasteiger partial charge in [0.25, 0.3) is 0 Å². The Morgan fingerprint density at radius 1 is 1.00 bits per heavy atom. The zero-order valence-electron chi connectivity index (χ0n) is 17.8. The summed E-state index contributed by atoms with van der Waals surface area (Å²) >= 11 is 0. The van der Waals surface area contributed by atoms with Crippen LogP contribution in [0.15, 0.2) is 59.9 Å². The minimum absolute atomic E-state index is 0.169. The lowest BCUT2D eigenvalue weighted by molar-refractivity contribution is -0.0800. The lowest BCUT2D eigenvalue weighted by Crippen LogP contribution is -2.42. The lowest BCUT2D eigenvalue weighted by atomic mass is 9.84. The summed E-state index contributed by atoms with van der Waals surface area (Å²) in [6, 6.07) is 12.3. The van der Waals surface area contributed by atoms with Gasteiger partial charge in [-0.15, -0.1) is 0 Å². The van der Waals surface area contributed by atoms with Crippen LogP contribution in [0.5, 0.6) is 0 Å². The maximum atomic E-state index is 13.6. The van der Waals surface area contributed by atoms with Gasteiger partial charge in [-0.2, -0.15) is 4.39 Å². The first-order chi connectivity index (χ1) is 16.0. The number of piperidine rings is 1. The van der Waals surface area contributed by atoms with E-state index in [0.29, 0.717) is 12.2 Å². The van der Waals surface area contributed by atoms with Crippen molar-refractivity contribution in [2.24, 2.45) is 5.16 Å². The van der Waals surface area contributed by atoms with Crippen molar-refractivity contribution < 1.29 is 23.1 Å². The molecule has 1 spiro atoms. The van der Waals surface area contributed by atoms with E-state index in [0.717, 1.165) is 61.3 Å². The zero-order chi connectivity index (χ0) is 23.0. The third kappa shape index (κ3) is 4.12. The van der Waals surface area contributed by atoms with Gasteiger partial charge in [0.05, 0.1) is 12.2 Å². The summed E-state index contributed by atoms with van der Waals surface area (Å²) in [5.41, 5.74) is 3.64. The Balaban J connectivity index is 1.24. The summed E-state index contributed by atoms with van der Waals surface area (Å²) in [6.07, 6.45) is 3.23. The minimum Gasteiger partial charge on any atom is -0.410 e. The van der Waals surface area contributed by atoms with Gasteiger partial charge in [-0.3, -0.25) is 4.90 Å². The van der Waals surface area contributed by atoms with Crippen molar-refractivity contribution in [2.75, 3.05) is 13.1 Å². The van der Waals surface area contributed by atoms with Gasteiger partial charge in [-0.1, -0.05) is 29.4 Å². The number of aromatic nitrogens is 1. The topological polar surface area (TPSA) is 58.0 Å². The molecule has 0 amide bonds.